The molecule has 10 aromatic carbocycles. The predicted molar refractivity (Wildman–Crippen MR) is 292 cm³/mol. The largest absolute Gasteiger partial charge is 0.456 e. The summed E-state index contributed by atoms with van der Waals surface area (Å²) in [5.41, 5.74) is 9.98. The van der Waals surface area contributed by atoms with Crippen LogP contribution in [0.4, 0.5) is 0 Å². The molecule has 0 radical (unpaired) electrons. The lowest BCUT2D eigenvalue weighted by Gasteiger charge is -2.34. The third-order valence-electron chi connectivity index (χ3n) is 14.3. The van der Waals surface area contributed by atoms with Crippen LogP contribution in [0.5, 0.6) is 0 Å². The molecule has 4 aromatic heterocycles. The summed E-state index contributed by atoms with van der Waals surface area (Å²) in [4.78, 5) is 10.9. The number of benzene rings is 10. The van der Waals surface area contributed by atoms with Gasteiger partial charge in [-0.15, -0.1) is 0 Å². The number of para-hydroxylation sites is 4. The van der Waals surface area contributed by atoms with Crippen molar-refractivity contribution in [3.63, 3.8) is 0 Å². The van der Waals surface area contributed by atoms with E-state index >= 15 is 0 Å². The van der Waals surface area contributed by atoms with Crippen molar-refractivity contribution in [2.24, 2.45) is 0 Å². The fourth-order valence-electron chi connectivity index (χ4n) is 11.2. The minimum Gasteiger partial charge on any atom is -0.456 e. The minimum atomic E-state index is -2.75. The number of furan rings is 1. The van der Waals surface area contributed by atoms with Gasteiger partial charge in [-0.05, 0) is 75.3 Å². The van der Waals surface area contributed by atoms with Gasteiger partial charge in [-0.2, -0.15) is 0 Å². The highest BCUT2D eigenvalue weighted by Crippen LogP contribution is 2.38. The van der Waals surface area contributed by atoms with Crippen LogP contribution in [0, 0.1) is 0 Å². The van der Waals surface area contributed by atoms with Gasteiger partial charge in [0.1, 0.15) is 17.0 Å². The third kappa shape index (κ3) is 6.17. The average molecular weight is 911 g/mol. The van der Waals surface area contributed by atoms with E-state index in [1.807, 2.05) is 12.1 Å². The van der Waals surface area contributed by atoms with E-state index in [0.29, 0.717) is 5.82 Å². The lowest BCUT2D eigenvalue weighted by Crippen LogP contribution is -2.74. The Labute approximate surface area is 404 Å². The standard InChI is InChI=1S/C64H42N4OSi/c1-4-18-46(19-5-1)70(47-20-6-2-7-21-47,48-22-8-3-9-23-48)49-36-32-43(33-37-49)56-42-63(66-64(65-56)44-34-38-54-53-27-13-17-31-61(53)69-62(54)40-44)68-59-30-16-12-26-52(59)55-41-45(35-39-60(55)68)67-57-28-14-10-24-50(57)51-25-11-15-29-58(51)67/h1-42H. The summed E-state index contributed by atoms with van der Waals surface area (Å²) in [6.07, 6.45) is 0. The van der Waals surface area contributed by atoms with E-state index in [4.69, 9.17) is 14.4 Å². The van der Waals surface area contributed by atoms with Crippen LogP contribution in [0.3, 0.4) is 0 Å². The van der Waals surface area contributed by atoms with Crippen molar-refractivity contribution in [3.05, 3.63) is 255 Å². The van der Waals surface area contributed by atoms with Crippen molar-refractivity contribution >= 4 is 94.4 Å². The maximum absolute atomic E-state index is 6.44. The SMILES string of the molecule is c1ccc([Si](c2ccccc2)(c2ccccc2)c2ccc(-c3cc(-n4c5ccccc5c5cc(-n6c7ccccc7c7ccccc76)ccc54)nc(-c4ccc5c(c4)oc4ccccc45)n3)cc2)cc1. The zero-order chi connectivity index (χ0) is 46.2. The Morgan fingerprint density at radius 2 is 0.786 bits per heavy atom. The molecule has 0 aliphatic carbocycles. The normalized spacial score (nSPS) is 12.0. The molecule has 328 valence electrons. The van der Waals surface area contributed by atoms with E-state index in [9.17, 15) is 0 Å². The van der Waals surface area contributed by atoms with Gasteiger partial charge in [-0.1, -0.05) is 194 Å². The molecule has 0 amide bonds. The molecular formula is C64H42N4OSi. The zero-order valence-corrected chi connectivity index (χ0v) is 38.9. The minimum absolute atomic E-state index is 0.619. The van der Waals surface area contributed by atoms with Gasteiger partial charge in [0.2, 0.25) is 0 Å². The summed E-state index contributed by atoms with van der Waals surface area (Å²) in [7, 11) is -2.75. The quantitative estimate of drug-likeness (QED) is 0.113. The van der Waals surface area contributed by atoms with Gasteiger partial charge in [0.25, 0.3) is 0 Å². The summed E-state index contributed by atoms with van der Waals surface area (Å²) < 4.78 is 11.1. The fourth-order valence-corrected chi connectivity index (χ4v) is 15.9. The number of hydrogen-bond donors (Lipinski definition) is 0. The van der Waals surface area contributed by atoms with Crippen LogP contribution in [0.2, 0.25) is 0 Å². The van der Waals surface area contributed by atoms with Gasteiger partial charge in [-0.25, -0.2) is 9.97 Å². The molecule has 0 bridgehead atoms. The second-order valence-corrected chi connectivity index (χ2v) is 21.9. The highest BCUT2D eigenvalue weighted by Gasteiger charge is 2.41. The Morgan fingerprint density at radius 1 is 0.314 bits per heavy atom. The number of fused-ring (bicyclic) bond motifs is 9. The lowest BCUT2D eigenvalue weighted by atomic mass is 10.1. The number of hydrogen-bond acceptors (Lipinski definition) is 3. The first-order valence-electron chi connectivity index (χ1n) is 23.8. The predicted octanol–water partition coefficient (Wildman–Crippen LogP) is 13.3. The molecule has 0 saturated carbocycles. The molecule has 6 heteroatoms. The van der Waals surface area contributed by atoms with Gasteiger partial charge >= 0.3 is 0 Å². The Kier molecular flexibility index (Phi) is 9.15. The first kappa shape index (κ1) is 40.0. The molecule has 0 saturated heterocycles. The summed E-state index contributed by atoms with van der Waals surface area (Å²) in [5.74, 6) is 1.40. The van der Waals surface area contributed by atoms with Crippen LogP contribution in [0.25, 0.3) is 99.7 Å². The third-order valence-corrected chi connectivity index (χ3v) is 19.1. The fraction of sp³-hybridized carbons (Fsp3) is 0. The van der Waals surface area contributed by atoms with Crippen LogP contribution in [0.1, 0.15) is 0 Å². The maximum atomic E-state index is 6.44. The Bertz CT molecular complexity index is 4140. The molecule has 5 nitrogen and oxygen atoms in total. The second-order valence-electron chi connectivity index (χ2n) is 18.1. The zero-order valence-electron chi connectivity index (χ0n) is 37.9. The smallest absolute Gasteiger partial charge is 0.179 e. The van der Waals surface area contributed by atoms with E-state index in [1.54, 1.807) is 0 Å². The van der Waals surface area contributed by atoms with Crippen molar-refractivity contribution in [1.29, 1.82) is 0 Å². The van der Waals surface area contributed by atoms with Crippen molar-refractivity contribution in [1.82, 2.24) is 19.1 Å². The first-order valence-corrected chi connectivity index (χ1v) is 25.8. The average Bonchev–Trinajstić information content (AvgIpc) is 4.09. The van der Waals surface area contributed by atoms with Crippen LogP contribution in [0.15, 0.2) is 259 Å². The van der Waals surface area contributed by atoms with E-state index in [-0.39, 0.29) is 0 Å². The van der Waals surface area contributed by atoms with E-state index in [2.05, 4.69) is 252 Å². The molecule has 0 aliphatic rings. The van der Waals surface area contributed by atoms with Crippen molar-refractivity contribution in [3.8, 4) is 34.2 Å². The van der Waals surface area contributed by atoms with E-state index in [1.165, 1.54) is 42.6 Å². The molecule has 14 rings (SSSR count). The Morgan fingerprint density at radius 3 is 1.40 bits per heavy atom. The number of rotatable bonds is 8. The van der Waals surface area contributed by atoms with Gasteiger partial charge in [0, 0.05) is 55.2 Å². The second kappa shape index (κ2) is 16.0. The van der Waals surface area contributed by atoms with Crippen LogP contribution in [-0.4, -0.2) is 27.2 Å². The summed E-state index contributed by atoms with van der Waals surface area (Å²) >= 11 is 0. The molecule has 0 N–H and O–H groups in total. The monoisotopic (exact) mass is 910 g/mol. The molecule has 0 atom stereocenters. The van der Waals surface area contributed by atoms with E-state index in [0.717, 1.165) is 72.1 Å². The van der Waals surface area contributed by atoms with Crippen molar-refractivity contribution in [2.75, 3.05) is 0 Å². The van der Waals surface area contributed by atoms with Crippen molar-refractivity contribution in [2.45, 2.75) is 0 Å². The van der Waals surface area contributed by atoms with Crippen LogP contribution < -0.4 is 20.7 Å². The van der Waals surface area contributed by atoms with Gasteiger partial charge in [0.05, 0.1) is 27.8 Å². The molecule has 0 fully saturated rings. The molecular weight excluding hydrogens is 869 g/mol. The maximum Gasteiger partial charge on any atom is 0.179 e. The number of nitrogens with zero attached hydrogens (tertiary/aromatic N) is 4. The summed E-state index contributed by atoms with van der Waals surface area (Å²) in [5, 5.41) is 12.2. The van der Waals surface area contributed by atoms with Gasteiger partial charge < -0.3 is 8.98 Å². The molecule has 14 aromatic rings. The number of aromatic nitrogens is 4. The Hall–Kier alpha value is -9.10. The van der Waals surface area contributed by atoms with Gasteiger partial charge in [-0.3, -0.25) is 4.57 Å². The van der Waals surface area contributed by atoms with E-state index < -0.39 is 8.07 Å². The first-order chi connectivity index (χ1) is 34.7. The highest BCUT2D eigenvalue weighted by atomic mass is 28.3. The molecule has 0 unspecified atom stereocenters. The van der Waals surface area contributed by atoms with Crippen molar-refractivity contribution < 1.29 is 4.42 Å². The molecule has 0 aliphatic heterocycles. The van der Waals surface area contributed by atoms with Gasteiger partial charge in [0.15, 0.2) is 13.9 Å². The van der Waals surface area contributed by atoms with Crippen LogP contribution >= 0.6 is 0 Å². The highest BCUT2D eigenvalue weighted by molar-refractivity contribution is 7.19. The summed E-state index contributed by atoms with van der Waals surface area (Å²) in [6.45, 7) is 0. The Balaban J connectivity index is 0.981. The van der Waals surface area contributed by atoms with Crippen LogP contribution in [-0.2, 0) is 0 Å². The topological polar surface area (TPSA) is 48.8 Å². The molecule has 70 heavy (non-hydrogen) atoms. The summed E-state index contributed by atoms with van der Waals surface area (Å²) in [6, 6.07) is 92.0. The lowest BCUT2D eigenvalue weighted by molar-refractivity contribution is 0.669. The molecule has 4 heterocycles. The molecule has 0 spiro atoms.